The van der Waals surface area contributed by atoms with Crippen LogP contribution in [-0.4, -0.2) is 21.8 Å². The van der Waals surface area contributed by atoms with Crippen LogP contribution >= 0.6 is 0 Å². The lowest BCUT2D eigenvalue weighted by atomic mass is 9.87. The van der Waals surface area contributed by atoms with Gasteiger partial charge in [0, 0.05) is 0 Å². The van der Waals surface area contributed by atoms with E-state index in [4.69, 9.17) is 5.11 Å². The fourth-order valence-electron chi connectivity index (χ4n) is 1.07. The van der Waals surface area contributed by atoms with Gasteiger partial charge in [0.15, 0.2) is 0 Å². The molecule has 0 bridgehead atoms. The maximum absolute atomic E-state index is 10.6. The fourth-order valence-corrected chi connectivity index (χ4v) is 1.07. The number of rotatable bonds is 4. The maximum Gasteiger partial charge on any atom is 0.309 e. The number of carboxylic acids is 1. The Bertz CT molecular complexity index is 135. The molecule has 0 spiro atoms. The maximum atomic E-state index is 10.6. The first-order chi connectivity index (χ1) is 4.89. The molecule has 0 aromatic rings. The predicted molar refractivity (Wildman–Crippen MR) is 42.3 cm³/mol. The van der Waals surface area contributed by atoms with E-state index in [1.54, 1.807) is 0 Å². The lowest BCUT2D eigenvalue weighted by Crippen LogP contribution is -2.36. The van der Waals surface area contributed by atoms with E-state index in [1.165, 1.54) is 13.8 Å². The SMILES string of the molecule is CCCC(C(=O)O)C(C)(C)O. The van der Waals surface area contributed by atoms with Gasteiger partial charge in [-0.3, -0.25) is 4.79 Å². The topological polar surface area (TPSA) is 57.5 Å². The van der Waals surface area contributed by atoms with Crippen molar-refractivity contribution in [3.8, 4) is 0 Å². The van der Waals surface area contributed by atoms with Crippen LogP contribution in [0.5, 0.6) is 0 Å². The van der Waals surface area contributed by atoms with Gasteiger partial charge in [0.25, 0.3) is 0 Å². The van der Waals surface area contributed by atoms with Gasteiger partial charge < -0.3 is 10.2 Å². The fraction of sp³-hybridized carbons (Fsp3) is 0.875. The minimum absolute atomic E-state index is 0.527. The highest BCUT2D eigenvalue weighted by Crippen LogP contribution is 2.21. The van der Waals surface area contributed by atoms with Crippen LogP contribution in [-0.2, 0) is 4.79 Å². The highest BCUT2D eigenvalue weighted by atomic mass is 16.4. The molecular formula is C8H16O3. The van der Waals surface area contributed by atoms with Crippen molar-refractivity contribution in [2.45, 2.75) is 39.2 Å². The van der Waals surface area contributed by atoms with Crippen LogP contribution in [0.25, 0.3) is 0 Å². The van der Waals surface area contributed by atoms with Crippen LogP contribution in [0.4, 0.5) is 0 Å². The van der Waals surface area contributed by atoms with E-state index < -0.39 is 17.5 Å². The summed E-state index contributed by atoms with van der Waals surface area (Å²) in [5.74, 6) is -1.56. The summed E-state index contributed by atoms with van der Waals surface area (Å²) in [5, 5.41) is 18.1. The van der Waals surface area contributed by atoms with E-state index in [1.807, 2.05) is 6.92 Å². The Labute approximate surface area is 67.0 Å². The van der Waals surface area contributed by atoms with E-state index in [9.17, 15) is 9.90 Å². The smallest absolute Gasteiger partial charge is 0.309 e. The minimum atomic E-state index is -1.11. The zero-order valence-corrected chi connectivity index (χ0v) is 7.29. The van der Waals surface area contributed by atoms with Gasteiger partial charge in [-0.25, -0.2) is 0 Å². The van der Waals surface area contributed by atoms with Crippen LogP contribution in [0.15, 0.2) is 0 Å². The number of hydrogen-bond donors (Lipinski definition) is 2. The average molecular weight is 160 g/mol. The summed E-state index contributed by atoms with van der Waals surface area (Å²) >= 11 is 0. The monoisotopic (exact) mass is 160 g/mol. The first-order valence-electron chi connectivity index (χ1n) is 3.84. The number of aliphatic carboxylic acids is 1. The molecule has 0 fully saturated rings. The standard InChI is InChI=1S/C8H16O3/c1-4-5-6(7(9)10)8(2,3)11/h6,11H,4-5H2,1-3H3,(H,9,10). The Morgan fingerprint density at radius 1 is 1.55 bits per heavy atom. The van der Waals surface area contributed by atoms with E-state index >= 15 is 0 Å². The van der Waals surface area contributed by atoms with E-state index in [-0.39, 0.29) is 0 Å². The molecule has 0 aromatic heterocycles. The van der Waals surface area contributed by atoms with Crippen molar-refractivity contribution in [2.24, 2.45) is 5.92 Å². The van der Waals surface area contributed by atoms with Gasteiger partial charge in [0.05, 0.1) is 11.5 Å². The number of carboxylic acid groups (broad SMARTS) is 1. The quantitative estimate of drug-likeness (QED) is 0.651. The second-order valence-electron chi connectivity index (χ2n) is 3.33. The van der Waals surface area contributed by atoms with Gasteiger partial charge in [0.2, 0.25) is 0 Å². The van der Waals surface area contributed by atoms with Crippen LogP contribution in [0.3, 0.4) is 0 Å². The summed E-state index contributed by atoms with van der Waals surface area (Å²) in [4.78, 5) is 10.6. The first kappa shape index (κ1) is 10.4. The highest BCUT2D eigenvalue weighted by molar-refractivity contribution is 5.71. The molecule has 3 heteroatoms. The molecule has 0 aromatic carbocycles. The van der Waals surface area contributed by atoms with Gasteiger partial charge >= 0.3 is 5.97 Å². The second-order valence-corrected chi connectivity index (χ2v) is 3.33. The van der Waals surface area contributed by atoms with Gasteiger partial charge in [-0.2, -0.15) is 0 Å². The Hall–Kier alpha value is -0.570. The summed E-state index contributed by atoms with van der Waals surface area (Å²) in [6.07, 6.45) is 1.31. The van der Waals surface area contributed by atoms with Crippen molar-refractivity contribution in [2.75, 3.05) is 0 Å². The third-order valence-corrected chi connectivity index (χ3v) is 1.73. The van der Waals surface area contributed by atoms with Crippen molar-refractivity contribution >= 4 is 5.97 Å². The largest absolute Gasteiger partial charge is 0.481 e. The van der Waals surface area contributed by atoms with Crippen molar-refractivity contribution < 1.29 is 15.0 Å². The summed E-state index contributed by atoms with van der Waals surface area (Å²) in [5.41, 5.74) is -1.11. The molecule has 2 N–H and O–H groups in total. The second kappa shape index (κ2) is 3.72. The van der Waals surface area contributed by atoms with Gasteiger partial charge in [-0.1, -0.05) is 13.3 Å². The summed E-state index contributed by atoms with van der Waals surface area (Å²) in [6.45, 7) is 4.96. The molecule has 66 valence electrons. The van der Waals surface area contributed by atoms with Gasteiger partial charge in [0.1, 0.15) is 0 Å². The third kappa shape index (κ3) is 3.37. The zero-order valence-electron chi connectivity index (χ0n) is 7.29. The predicted octanol–water partition coefficient (Wildman–Crippen LogP) is 1.26. The summed E-state index contributed by atoms with van der Waals surface area (Å²) in [7, 11) is 0. The van der Waals surface area contributed by atoms with Gasteiger partial charge in [-0.05, 0) is 20.3 Å². The molecule has 1 unspecified atom stereocenters. The van der Waals surface area contributed by atoms with Crippen molar-refractivity contribution in [3.63, 3.8) is 0 Å². The molecule has 0 aliphatic carbocycles. The van der Waals surface area contributed by atoms with Crippen LogP contribution in [0.1, 0.15) is 33.6 Å². The summed E-state index contributed by atoms with van der Waals surface area (Å²) < 4.78 is 0. The number of carbonyl (C=O) groups is 1. The van der Waals surface area contributed by atoms with Crippen molar-refractivity contribution in [3.05, 3.63) is 0 Å². The van der Waals surface area contributed by atoms with Crippen molar-refractivity contribution in [1.82, 2.24) is 0 Å². The lowest BCUT2D eigenvalue weighted by Gasteiger charge is -2.24. The van der Waals surface area contributed by atoms with E-state index in [0.29, 0.717) is 6.42 Å². The van der Waals surface area contributed by atoms with E-state index in [2.05, 4.69) is 0 Å². The van der Waals surface area contributed by atoms with Crippen LogP contribution < -0.4 is 0 Å². The first-order valence-corrected chi connectivity index (χ1v) is 3.84. The third-order valence-electron chi connectivity index (χ3n) is 1.73. The molecule has 0 radical (unpaired) electrons. The lowest BCUT2D eigenvalue weighted by molar-refractivity contribution is -0.150. The molecule has 0 saturated heterocycles. The Morgan fingerprint density at radius 2 is 2.00 bits per heavy atom. The number of hydrogen-bond acceptors (Lipinski definition) is 2. The normalized spacial score (nSPS) is 14.5. The van der Waals surface area contributed by atoms with Gasteiger partial charge in [-0.15, -0.1) is 0 Å². The zero-order chi connectivity index (χ0) is 9.07. The molecule has 11 heavy (non-hydrogen) atoms. The Balaban J connectivity index is 4.22. The van der Waals surface area contributed by atoms with Crippen molar-refractivity contribution in [1.29, 1.82) is 0 Å². The van der Waals surface area contributed by atoms with Crippen LogP contribution in [0.2, 0.25) is 0 Å². The molecule has 1 atom stereocenters. The molecular weight excluding hydrogens is 144 g/mol. The van der Waals surface area contributed by atoms with Crippen LogP contribution in [0, 0.1) is 5.92 Å². The molecule has 0 amide bonds. The average Bonchev–Trinajstić information content (AvgIpc) is 1.79. The molecule has 0 rings (SSSR count). The molecule has 0 aliphatic heterocycles. The minimum Gasteiger partial charge on any atom is -0.481 e. The summed E-state index contributed by atoms with van der Waals surface area (Å²) in [6, 6.07) is 0. The molecule has 0 saturated carbocycles. The Kier molecular flexibility index (Phi) is 3.52. The van der Waals surface area contributed by atoms with E-state index in [0.717, 1.165) is 6.42 Å². The number of aliphatic hydroxyl groups is 1. The molecule has 0 aliphatic rings. The Morgan fingerprint density at radius 3 is 2.09 bits per heavy atom. The molecule has 3 nitrogen and oxygen atoms in total. The molecule has 0 heterocycles. The highest BCUT2D eigenvalue weighted by Gasteiger charge is 2.31.